The van der Waals surface area contributed by atoms with Crippen molar-refractivity contribution < 1.29 is 30.0 Å². The van der Waals surface area contributed by atoms with Gasteiger partial charge < -0.3 is 25.2 Å². The van der Waals surface area contributed by atoms with Crippen molar-refractivity contribution in [2.75, 3.05) is 6.61 Å². The third kappa shape index (κ3) is 1.73. The third-order valence-electron chi connectivity index (χ3n) is 6.84. The van der Waals surface area contributed by atoms with Crippen molar-refractivity contribution in [1.82, 2.24) is 0 Å². The zero-order valence-corrected chi connectivity index (χ0v) is 15.1. The molecule has 0 spiro atoms. The molecule has 0 aromatic heterocycles. The molecule has 3 aliphatic carbocycles. The molecule has 4 aliphatic rings. The number of hydrogen-bond donors (Lipinski definition) is 4. The van der Waals surface area contributed by atoms with Crippen LogP contribution in [0.25, 0.3) is 0 Å². The molecule has 4 N–H and O–H groups in total. The largest absolute Gasteiger partial charge is 0.457 e. The molecular weight excluding hydrogens is 336 g/mol. The van der Waals surface area contributed by atoms with Crippen molar-refractivity contribution in [3.63, 3.8) is 0 Å². The summed E-state index contributed by atoms with van der Waals surface area (Å²) in [6.07, 6.45) is 6.16. The number of esters is 1. The van der Waals surface area contributed by atoms with Crippen molar-refractivity contribution >= 4 is 5.97 Å². The molecule has 5 atom stereocenters. The molecule has 0 aromatic carbocycles. The van der Waals surface area contributed by atoms with Gasteiger partial charge in [0.1, 0.15) is 29.5 Å². The molecule has 0 saturated heterocycles. The Morgan fingerprint density at radius 1 is 1.19 bits per heavy atom. The van der Waals surface area contributed by atoms with E-state index in [1.807, 2.05) is 0 Å². The molecule has 6 heteroatoms. The number of fused-ring (bicyclic) bond motifs is 4. The van der Waals surface area contributed by atoms with Gasteiger partial charge in [0.15, 0.2) is 0 Å². The highest BCUT2D eigenvalue weighted by Gasteiger charge is 2.69. The van der Waals surface area contributed by atoms with Crippen LogP contribution in [0.3, 0.4) is 0 Å². The third-order valence-corrected chi connectivity index (χ3v) is 6.84. The normalized spacial score (nSPS) is 46.7. The monoisotopic (exact) mass is 360 g/mol. The van der Waals surface area contributed by atoms with Crippen LogP contribution in [0, 0.1) is 11.3 Å². The van der Waals surface area contributed by atoms with Gasteiger partial charge in [0.05, 0.1) is 5.57 Å². The molecule has 26 heavy (non-hydrogen) atoms. The number of aliphatic hydroxyl groups excluding tert-OH is 1. The highest BCUT2D eigenvalue weighted by Crippen LogP contribution is 2.60. The highest BCUT2D eigenvalue weighted by atomic mass is 16.5. The Morgan fingerprint density at radius 3 is 2.54 bits per heavy atom. The Kier molecular flexibility index (Phi) is 3.37. The summed E-state index contributed by atoms with van der Waals surface area (Å²) in [5.74, 6) is -0.766. The van der Waals surface area contributed by atoms with E-state index in [1.165, 1.54) is 12.2 Å². The number of cyclic esters (lactones) is 1. The van der Waals surface area contributed by atoms with E-state index in [0.717, 1.165) is 0 Å². The number of carbonyl (C=O) groups is 1. The molecule has 0 fully saturated rings. The van der Waals surface area contributed by atoms with Gasteiger partial charge >= 0.3 is 5.97 Å². The predicted octanol–water partition coefficient (Wildman–Crippen LogP) is 0.526. The topological polar surface area (TPSA) is 107 Å². The van der Waals surface area contributed by atoms with Crippen molar-refractivity contribution in [3.05, 3.63) is 47.1 Å². The summed E-state index contributed by atoms with van der Waals surface area (Å²) >= 11 is 0. The van der Waals surface area contributed by atoms with Crippen LogP contribution in [0.1, 0.15) is 27.2 Å². The lowest BCUT2D eigenvalue weighted by molar-refractivity contribution is -0.259. The molecule has 4 rings (SSSR count). The van der Waals surface area contributed by atoms with E-state index in [1.54, 1.807) is 39.0 Å². The van der Waals surface area contributed by atoms with Gasteiger partial charge in [0.2, 0.25) is 0 Å². The van der Waals surface area contributed by atoms with E-state index in [2.05, 4.69) is 0 Å². The molecule has 0 radical (unpaired) electrons. The minimum absolute atomic E-state index is 0.0617. The van der Waals surface area contributed by atoms with Crippen molar-refractivity contribution in [3.8, 4) is 0 Å². The summed E-state index contributed by atoms with van der Waals surface area (Å²) in [7, 11) is 0. The van der Waals surface area contributed by atoms with Crippen LogP contribution in [0.4, 0.5) is 0 Å². The van der Waals surface area contributed by atoms with Crippen molar-refractivity contribution in [1.29, 1.82) is 0 Å². The maximum absolute atomic E-state index is 11.9. The molecule has 0 bridgehead atoms. The lowest BCUT2D eigenvalue weighted by atomic mass is 9.49. The van der Waals surface area contributed by atoms with E-state index >= 15 is 0 Å². The van der Waals surface area contributed by atoms with Crippen molar-refractivity contribution in [2.24, 2.45) is 11.3 Å². The number of carbonyl (C=O) groups excluding carboxylic acids is 1. The lowest BCUT2D eigenvalue weighted by Gasteiger charge is -2.61. The summed E-state index contributed by atoms with van der Waals surface area (Å²) in [6.45, 7) is 5.36. The van der Waals surface area contributed by atoms with Gasteiger partial charge in [-0.1, -0.05) is 38.2 Å². The first kappa shape index (κ1) is 17.7. The van der Waals surface area contributed by atoms with Gasteiger partial charge in [-0.05, 0) is 24.5 Å². The van der Waals surface area contributed by atoms with E-state index < -0.39 is 34.3 Å². The zero-order chi connectivity index (χ0) is 19.1. The maximum atomic E-state index is 11.9. The average molecular weight is 360 g/mol. The van der Waals surface area contributed by atoms with E-state index in [0.29, 0.717) is 16.7 Å². The number of ether oxygens (including phenoxy) is 1. The Hall–Kier alpha value is -1.73. The van der Waals surface area contributed by atoms with Crippen LogP contribution in [-0.2, 0) is 9.53 Å². The molecule has 140 valence electrons. The van der Waals surface area contributed by atoms with E-state index in [9.17, 15) is 25.2 Å². The van der Waals surface area contributed by atoms with Gasteiger partial charge in [-0.25, -0.2) is 4.79 Å². The first-order valence-corrected chi connectivity index (χ1v) is 8.87. The summed E-state index contributed by atoms with van der Waals surface area (Å²) < 4.78 is 5.12. The van der Waals surface area contributed by atoms with Crippen LogP contribution in [0.2, 0.25) is 0 Å². The van der Waals surface area contributed by atoms with E-state index in [4.69, 9.17) is 4.74 Å². The fourth-order valence-electron chi connectivity index (χ4n) is 4.87. The number of rotatable bonds is 1. The summed E-state index contributed by atoms with van der Waals surface area (Å²) in [5, 5.41) is 44.8. The van der Waals surface area contributed by atoms with Gasteiger partial charge in [-0.3, -0.25) is 0 Å². The average Bonchev–Trinajstić information content (AvgIpc) is 2.96. The van der Waals surface area contributed by atoms with Gasteiger partial charge in [-0.15, -0.1) is 0 Å². The maximum Gasteiger partial charge on any atom is 0.338 e. The molecule has 0 aromatic rings. The quantitative estimate of drug-likeness (QED) is 0.401. The predicted molar refractivity (Wildman–Crippen MR) is 92.8 cm³/mol. The Bertz CT molecular complexity index is 820. The summed E-state index contributed by atoms with van der Waals surface area (Å²) in [4.78, 5) is 11.9. The Morgan fingerprint density at radius 2 is 1.88 bits per heavy atom. The Labute approximate surface area is 151 Å². The summed E-state index contributed by atoms with van der Waals surface area (Å²) in [6, 6.07) is 0. The molecule has 0 amide bonds. The van der Waals surface area contributed by atoms with Crippen LogP contribution in [-0.4, -0.2) is 55.9 Å². The van der Waals surface area contributed by atoms with Gasteiger partial charge in [0.25, 0.3) is 0 Å². The standard InChI is InChI=1S/C20H24O6/c1-11(2)18(23)8-9-20(25)17(3)6-4-12-13(10-26-15(12)21)14(17)5-7-19(20,24)16(18)22/h4-6,8-9,11,16,22-25H,7,10H2,1-3H3. The van der Waals surface area contributed by atoms with Crippen LogP contribution in [0.5, 0.6) is 0 Å². The molecule has 1 aliphatic heterocycles. The van der Waals surface area contributed by atoms with E-state index in [-0.39, 0.29) is 18.9 Å². The molecule has 5 unspecified atom stereocenters. The first-order chi connectivity index (χ1) is 12.0. The minimum atomic E-state index is -1.98. The van der Waals surface area contributed by atoms with Crippen LogP contribution in [0.15, 0.2) is 47.1 Å². The molecule has 6 nitrogen and oxygen atoms in total. The zero-order valence-electron chi connectivity index (χ0n) is 15.1. The second-order valence-electron chi connectivity index (χ2n) is 8.29. The molecule has 1 heterocycles. The molecule has 0 saturated carbocycles. The van der Waals surface area contributed by atoms with Gasteiger partial charge in [0, 0.05) is 17.4 Å². The smallest absolute Gasteiger partial charge is 0.338 e. The van der Waals surface area contributed by atoms with Gasteiger partial charge in [-0.2, -0.15) is 0 Å². The Balaban J connectivity index is 1.91. The lowest BCUT2D eigenvalue weighted by Crippen LogP contribution is -2.75. The summed E-state index contributed by atoms with van der Waals surface area (Å²) in [5.41, 5.74) is -4.71. The second kappa shape index (κ2) is 4.95. The van der Waals surface area contributed by atoms with Crippen LogP contribution < -0.4 is 0 Å². The minimum Gasteiger partial charge on any atom is -0.457 e. The fraction of sp³-hybridized carbons (Fsp3) is 0.550. The number of hydrogen-bond acceptors (Lipinski definition) is 6. The molecular formula is C20H24O6. The fourth-order valence-corrected chi connectivity index (χ4v) is 4.87. The van der Waals surface area contributed by atoms with Crippen molar-refractivity contribution in [2.45, 2.75) is 50.1 Å². The second-order valence-corrected chi connectivity index (χ2v) is 8.29. The highest BCUT2D eigenvalue weighted by molar-refractivity contribution is 5.97. The first-order valence-electron chi connectivity index (χ1n) is 8.87. The SMILES string of the molecule is CC(C)C1(O)C=CC2(O)C3(C)C=CC4=C(COC4=O)C3=CCC2(O)C1O. The van der Waals surface area contributed by atoms with Crippen LogP contribution >= 0.6 is 0 Å². The number of aliphatic hydroxyl groups is 4.